The van der Waals surface area contributed by atoms with Gasteiger partial charge in [-0.3, -0.25) is 19.7 Å². The maximum atomic E-state index is 12.7. The lowest BCUT2D eigenvalue weighted by Gasteiger charge is -2.32. The van der Waals surface area contributed by atoms with Crippen LogP contribution in [-0.2, 0) is 32.5 Å². The second-order valence-corrected chi connectivity index (χ2v) is 11.7. The summed E-state index contributed by atoms with van der Waals surface area (Å²) in [5.41, 5.74) is 8.88. The predicted molar refractivity (Wildman–Crippen MR) is 168 cm³/mol. The number of H-pyrrole nitrogens is 1. The van der Waals surface area contributed by atoms with Gasteiger partial charge in [0.25, 0.3) is 5.91 Å². The van der Waals surface area contributed by atoms with Gasteiger partial charge < -0.3 is 10.3 Å². The van der Waals surface area contributed by atoms with Crippen molar-refractivity contribution in [2.45, 2.75) is 57.8 Å². The largest absolute Gasteiger partial charge is 0.364 e. The van der Waals surface area contributed by atoms with E-state index in [0.717, 1.165) is 37.9 Å². The molecule has 1 atom stereocenters. The number of hydrogen-bond donors (Lipinski definition) is 2. The Labute approximate surface area is 256 Å². The van der Waals surface area contributed by atoms with Gasteiger partial charge in [-0.1, -0.05) is 84.3 Å². The number of amides is 1. The molecule has 2 aliphatic carbocycles. The van der Waals surface area contributed by atoms with Crippen LogP contribution in [0.15, 0.2) is 79.4 Å². The number of halogens is 2. The Bertz CT molecular complexity index is 1610. The summed E-state index contributed by atoms with van der Waals surface area (Å²) in [6, 6.07) is 13.0. The van der Waals surface area contributed by atoms with E-state index >= 15 is 0 Å². The lowest BCUT2D eigenvalue weighted by Crippen LogP contribution is -2.29. The van der Waals surface area contributed by atoms with Gasteiger partial charge in [0.2, 0.25) is 0 Å². The second-order valence-electron chi connectivity index (χ2n) is 10.9. The van der Waals surface area contributed by atoms with E-state index in [9.17, 15) is 4.79 Å². The number of aromatic nitrogens is 3. The molecule has 2 N–H and O–H groups in total. The Hall–Kier alpha value is -3.71. The Morgan fingerprint density at radius 1 is 1.02 bits per heavy atom. The van der Waals surface area contributed by atoms with Crippen molar-refractivity contribution in [3.05, 3.63) is 134 Å². The minimum atomic E-state index is -0.322. The molecule has 1 amide bonds. The first-order valence-electron chi connectivity index (χ1n) is 14.4. The lowest BCUT2D eigenvalue weighted by atomic mass is 10.0. The van der Waals surface area contributed by atoms with Crippen molar-refractivity contribution in [3.63, 3.8) is 0 Å². The van der Waals surface area contributed by atoms with Crippen molar-refractivity contribution in [3.8, 4) is 0 Å². The summed E-state index contributed by atoms with van der Waals surface area (Å²) in [4.78, 5) is 27.6. The minimum Gasteiger partial charge on any atom is -0.364 e. The SMILES string of the molecule is O=C(NCc1ccc(CN(Cc2c[nH]c3c2C=CC=CC3)C2CCCCc3cccnc32)cc1)c1c(Cl)cncc1Cl. The molecular weight excluding hydrogens is 565 g/mol. The fourth-order valence-corrected chi connectivity index (χ4v) is 6.48. The number of benzene rings is 1. The van der Waals surface area contributed by atoms with Gasteiger partial charge in [-0.25, -0.2) is 0 Å². The molecule has 0 fully saturated rings. The third-order valence-corrected chi connectivity index (χ3v) is 8.67. The average Bonchev–Trinajstić information content (AvgIpc) is 3.15. The molecule has 3 aromatic heterocycles. The van der Waals surface area contributed by atoms with E-state index in [-0.39, 0.29) is 27.6 Å². The Morgan fingerprint density at radius 2 is 1.83 bits per heavy atom. The number of rotatable bonds is 8. The summed E-state index contributed by atoms with van der Waals surface area (Å²) in [6.07, 6.45) is 21.0. The van der Waals surface area contributed by atoms with E-state index in [4.69, 9.17) is 28.2 Å². The predicted octanol–water partition coefficient (Wildman–Crippen LogP) is 7.64. The number of hydrogen-bond acceptors (Lipinski definition) is 4. The number of aryl methyl sites for hydroxylation is 1. The monoisotopic (exact) mass is 597 g/mol. The second kappa shape index (κ2) is 13.1. The molecule has 6 rings (SSSR count). The maximum Gasteiger partial charge on any atom is 0.254 e. The van der Waals surface area contributed by atoms with E-state index in [0.29, 0.717) is 6.54 Å². The standard InChI is InChI=1S/C34H33Cl2N5O/c35-28-19-37-20-29(36)32(28)34(42)40-17-23-12-14-24(15-13-23)21-41(22-26-18-39-30-10-3-1-2-9-27(26)30)31-11-5-4-7-25-8-6-16-38-33(25)31/h1-3,6,8-9,12-16,18-20,31,39H,4-5,7,10-11,17,21-22H2,(H,40,42). The van der Waals surface area contributed by atoms with Crippen molar-refractivity contribution in [1.82, 2.24) is 25.2 Å². The minimum absolute atomic E-state index is 0.232. The van der Waals surface area contributed by atoms with Gasteiger partial charge in [0.05, 0.1) is 27.3 Å². The van der Waals surface area contributed by atoms with E-state index in [1.807, 2.05) is 6.20 Å². The summed E-state index contributed by atoms with van der Waals surface area (Å²) in [7, 11) is 0. The number of allylic oxidation sites excluding steroid dienone is 3. The zero-order valence-electron chi connectivity index (χ0n) is 23.3. The molecule has 1 aromatic carbocycles. The first-order chi connectivity index (χ1) is 20.6. The highest BCUT2D eigenvalue weighted by Gasteiger charge is 2.27. The molecule has 4 aromatic rings. The first-order valence-corrected chi connectivity index (χ1v) is 15.2. The van der Waals surface area contributed by atoms with Crippen LogP contribution in [0.1, 0.15) is 74.9 Å². The van der Waals surface area contributed by atoms with Crippen molar-refractivity contribution in [2.24, 2.45) is 0 Å². The number of pyridine rings is 2. The van der Waals surface area contributed by atoms with Crippen molar-refractivity contribution >= 4 is 35.2 Å². The zero-order valence-corrected chi connectivity index (χ0v) is 24.8. The quantitative estimate of drug-likeness (QED) is 0.205. The molecule has 42 heavy (non-hydrogen) atoms. The molecule has 214 valence electrons. The topological polar surface area (TPSA) is 73.9 Å². The summed E-state index contributed by atoms with van der Waals surface area (Å²) in [5.74, 6) is -0.322. The third-order valence-electron chi connectivity index (χ3n) is 8.10. The fraction of sp³-hybridized carbons (Fsp3) is 0.265. The molecule has 0 saturated heterocycles. The Kier molecular flexibility index (Phi) is 8.84. The highest BCUT2D eigenvalue weighted by molar-refractivity contribution is 6.39. The molecule has 8 heteroatoms. The molecule has 2 aliphatic rings. The van der Waals surface area contributed by atoms with Gasteiger partial charge in [0.1, 0.15) is 0 Å². The van der Waals surface area contributed by atoms with E-state index < -0.39 is 0 Å². The molecule has 1 unspecified atom stereocenters. The van der Waals surface area contributed by atoms with E-state index in [1.54, 1.807) is 0 Å². The van der Waals surface area contributed by atoms with Crippen LogP contribution in [0.4, 0.5) is 0 Å². The normalized spacial score (nSPS) is 16.0. The Morgan fingerprint density at radius 3 is 2.67 bits per heavy atom. The van der Waals surface area contributed by atoms with Gasteiger partial charge >= 0.3 is 0 Å². The molecule has 6 nitrogen and oxygen atoms in total. The van der Waals surface area contributed by atoms with Crippen LogP contribution in [0.5, 0.6) is 0 Å². The van der Waals surface area contributed by atoms with Crippen LogP contribution in [0.25, 0.3) is 6.08 Å². The van der Waals surface area contributed by atoms with Crippen molar-refractivity contribution < 1.29 is 4.79 Å². The van der Waals surface area contributed by atoms with Crippen LogP contribution < -0.4 is 5.32 Å². The summed E-state index contributed by atoms with van der Waals surface area (Å²) >= 11 is 12.3. The first kappa shape index (κ1) is 28.4. The van der Waals surface area contributed by atoms with Gasteiger partial charge in [-0.15, -0.1) is 0 Å². The molecule has 0 bridgehead atoms. The van der Waals surface area contributed by atoms with Crippen molar-refractivity contribution in [1.29, 1.82) is 0 Å². The molecular formula is C34H33Cl2N5O. The molecule has 0 saturated carbocycles. The summed E-state index contributed by atoms with van der Waals surface area (Å²) in [6.45, 7) is 1.98. The van der Waals surface area contributed by atoms with E-state index in [2.05, 4.69) is 87.1 Å². The van der Waals surface area contributed by atoms with Gasteiger partial charge in [-0.2, -0.15) is 0 Å². The van der Waals surface area contributed by atoms with Crippen LogP contribution in [0.3, 0.4) is 0 Å². The lowest BCUT2D eigenvalue weighted by molar-refractivity contribution is 0.0951. The van der Waals surface area contributed by atoms with Gasteiger partial charge in [0.15, 0.2) is 0 Å². The van der Waals surface area contributed by atoms with Gasteiger partial charge in [0, 0.05) is 56.5 Å². The summed E-state index contributed by atoms with van der Waals surface area (Å²) in [5, 5.41) is 3.39. The third kappa shape index (κ3) is 6.36. The number of carbonyl (C=O) groups is 1. The van der Waals surface area contributed by atoms with E-state index in [1.165, 1.54) is 58.9 Å². The zero-order chi connectivity index (χ0) is 28.9. The van der Waals surface area contributed by atoms with Crippen LogP contribution in [0, 0.1) is 0 Å². The molecule has 0 aliphatic heterocycles. The number of carbonyl (C=O) groups excluding carboxylic acids is 1. The highest BCUT2D eigenvalue weighted by Crippen LogP contribution is 2.35. The average molecular weight is 599 g/mol. The highest BCUT2D eigenvalue weighted by atomic mass is 35.5. The maximum absolute atomic E-state index is 12.7. The Balaban J connectivity index is 1.22. The fourth-order valence-electron chi connectivity index (χ4n) is 5.95. The number of nitrogens with one attached hydrogen (secondary N) is 2. The molecule has 0 spiro atoms. The summed E-state index contributed by atoms with van der Waals surface area (Å²) < 4.78 is 0. The van der Waals surface area contributed by atoms with Crippen molar-refractivity contribution in [2.75, 3.05) is 0 Å². The molecule has 0 radical (unpaired) electrons. The number of aromatic amines is 1. The number of nitrogens with zero attached hydrogens (tertiary/aromatic N) is 3. The van der Waals surface area contributed by atoms with Crippen LogP contribution >= 0.6 is 23.2 Å². The number of fused-ring (bicyclic) bond motifs is 2. The van der Waals surface area contributed by atoms with Crippen LogP contribution in [-0.4, -0.2) is 25.8 Å². The van der Waals surface area contributed by atoms with Crippen LogP contribution in [0.2, 0.25) is 10.0 Å². The van der Waals surface area contributed by atoms with Gasteiger partial charge in [-0.05, 0) is 53.1 Å². The smallest absolute Gasteiger partial charge is 0.254 e. The molecule has 3 heterocycles.